The maximum Gasteiger partial charge on any atom is 0.261 e. The summed E-state index contributed by atoms with van der Waals surface area (Å²) in [6.45, 7) is 4.45. The molecule has 1 saturated heterocycles. The van der Waals surface area contributed by atoms with Gasteiger partial charge in [0.2, 0.25) is 11.8 Å². The molecule has 0 saturated carbocycles. The zero-order valence-electron chi connectivity index (χ0n) is 14.0. The van der Waals surface area contributed by atoms with Crippen LogP contribution in [0.15, 0.2) is 17.5 Å². The number of carbonyl (C=O) groups excluding carboxylic acids is 3. The first-order chi connectivity index (χ1) is 11.6. The molecular formula is C17H25N3O3S. The second-order valence-corrected chi connectivity index (χ2v) is 7.12. The maximum atomic E-state index is 12.1. The zero-order chi connectivity index (χ0) is 17.4. The molecule has 3 amide bonds. The van der Waals surface area contributed by atoms with Gasteiger partial charge in [0.25, 0.3) is 5.91 Å². The molecular weight excluding hydrogens is 326 g/mol. The topological polar surface area (TPSA) is 78.5 Å². The normalized spacial score (nSPS) is 17.4. The van der Waals surface area contributed by atoms with E-state index in [0.717, 1.165) is 19.5 Å². The molecule has 1 aromatic rings. The van der Waals surface area contributed by atoms with Gasteiger partial charge in [0, 0.05) is 39.0 Å². The lowest BCUT2D eigenvalue weighted by atomic mass is 10.00. The van der Waals surface area contributed by atoms with Crippen LogP contribution in [-0.2, 0) is 9.59 Å². The van der Waals surface area contributed by atoms with Crippen LogP contribution in [0.2, 0.25) is 0 Å². The molecule has 6 nitrogen and oxygen atoms in total. The van der Waals surface area contributed by atoms with Crippen molar-refractivity contribution in [3.8, 4) is 0 Å². The average molecular weight is 351 g/mol. The number of nitrogens with zero attached hydrogens (tertiary/aromatic N) is 1. The third kappa shape index (κ3) is 5.96. The standard InChI is InChI=1S/C17H25N3O3S/c1-13-4-2-10-20(12-13)16(22)7-9-18-15(21)6-8-19-17(23)14-5-3-11-24-14/h3,5,11,13H,2,4,6-10,12H2,1H3,(H,18,21)(H,19,23). The van der Waals surface area contributed by atoms with E-state index >= 15 is 0 Å². The Morgan fingerprint density at radius 1 is 1.25 bits per heavy atom. The number of nitrogens with one attached hydrogen (secondary N) is 2. The van der Waals surface area contributed by atoms with Crippen molar-refractivity contribution >= 4 is 29.1 Å². The van der Waals surface area contributed by atoms with E-state index in [9.17, 15) is 14.4 Å². The summed E-state index contributed by atoms with van der Waals surface area (Å²) in [5.74, 6) is 0.352. The quantitative estimate of drug-likeness (QED) is 0.784. The molecule has 132 valence electrons. The first-order valence-corrected chi connectivity index (χ1v) is 9.30. The summed E-state index contributed by atoms with van der Waals surface area (Å²) >= 11 is 1.37. The van der Waals surface area contributed by atoms with E-state index in [1.165, 1.54) is 17.8 Å². The van der Waals surface area contributed by atoms with E-state index in [0.29, 0.717) is 30.3 Å². The van der Waals surface area contributed by atoms with Crippen molar-refractivity contribution in [3.63, 3.8) is 0 Å². The Hall–Kier alpha value is -1.89. The summed E-state index contributed by atoms with van der Waals surface area (Å²) in [6.07, 6.45) is 2.78. The van der Waals surface area contributed by atoms with Crippen LogP contribution in [0, 0.1) is 5.92 Å². The Kier molecular flexibility index (Phi) is 7.24. The van der Waals surface area contributed by atoms with Crippen molar-refractivity contribution < 1.29 is 14.4 Å². The van der Waals surface area contributed by atoms with Crippen LogP contribution in [0.25, 0.3) is 0 Å². The van der Waals surface area contributed by atoms with Crippen LogP contribution < -0.4 is 10.6 Å². The first kappa shape index (κ1) is 18.4. The Morgan fingerprint density at radius 3 is 2.75 bits per heavy atom. The summed E-state index contributed by atoms with van der Waals surface area (Å²) in [6, 6.07) is 3.56. The number of rotatable bonds is 7. The van der Waals surface area contributed by atoms with E-state index in [1.807, 2.05) is 16.3 Å². The van der Waals surface area contributed by atoms with E-state index in [2.05, 4.69) is 17.6 Å². The highest BCUT2D eigenvalue weighted by Gasteiger charge is 2.20. The number of carbonyl (C=O) groups is 3. The molecule has 24 heavy (non-hydrogen) atoms. The van der Waals surface area contributed by atoms with Gasteiger partial charge in [0.15, 0.2) is 0 Å². The monoisotopic (exact) mass is 351 g/mol. The van der Waals surface area contributed by atoms with Crippen molar-refractivity contribution in [1.29, 1.82) is 0 Å². The molecule has 1 aliphatic heterocycles. The Morgan fingerprint density at radius 2 is 2.04 bits per heavy atom. The number of hydrogen-bond acceptors (Lipinski definition) is 4. The zero-order valence-corrected chi connectivity index (χ0v) is 14.9. The van der Waals surface area contributed by atoms with E-state index < -0.39 is 0 Å². The van der Waals surface area contributed by atoms with Crippen molar-refractivity contribution in [1.82, 2.24) is 15.5 Å². The Labute approximate surface area is 146 Å². The lowest BCUT2D eigenvalue weighted by Gasteiger charge is -2.31. The molecule has 2 rings (SSSR count). The second-order valence-electron chi connectivity index (χ2n) is 6.17. The number of piperidine rings is 1. The van der Waals surface area contributed by atoms with Gasteiger partial charge in [-0.15, -0.1) is 11.3 Å². The highest BCUT2D eigenvalue weighted by Crippen LogP contribution is 2.15. The van der Waals surface area contributed by atoms with E-state index in [4.69, 9.17) is 0 Å². The van der Waals surface area contributed by atoms with Crippen LogP contribution in [0.3, 0.4) is 0 Å². The van der Waals surface area contributed by atoms with Crippen LogP contribution >= 0.6 is 11.3 Å². The summed E-state index contributed by atoms with van der Waals surface area (Å²) in [5, 5.41) is 7.28. The fourth-order valence-electron chi connectivity index (χ4n) is 2.76. The highest BCUT2D eigenvalue weighted by molar-refractivity contribution is 7.12. The minimum absolute atomic E-state index is 0.104. The fraction of sp³-hybridized carbons (Fsp3) is 0.588. The second kappa shape index (κ2) is 9.42. The van der Waals surface area contributed by atoms with E-state index in [-0.39, 0.29) is 24.1 Å². The van der Waals surface area contributed by atoms with Gasteiger partial charge in [0.05, 0.1) is 4.88 Å². The summed E-state index contributed by atoms with van der Waals surface area (Å²) in [7, 11) is 0. The molecule has 1 fully saturated rings. The minimum atomic E-state index is -0.160. The van der Waals surface area contributed by atoms with Gasteiger partial charge in [-0.1, -0.05) is 13.0 Å². The summed E-state index contributed by atoms with van der Waals surface area (Å²) in [5.41, 5.74) is 0. The highest BCUT2D eigenvalue weighted by atomic mass is 32.1. The van der Waals surface area contributed by atoms with Gasteiger partial charge in [-0.25, -0.2) is 0 Å². The lowest BCUT2D eigenvalue weighted by Crippen LogP contribution is -2.40. The van der Waals surface area contributed by atoms with Crippen molar-refractivity contribution in [3.05, 3.63) is 22.4 Å². The van der Waals surface area contributed by atoms with Gasteiger partial charge in [0.1, 0.15) is 0 Å². The van der Waals surface area contributed by atoms with Crippen LogP contribution in [-0.4, -0.2) is 48.8 Å². The molecule has 1 unspecified atom stereocenters. The van der Waals surface area contributed by atoms with Gasteiger partial charge in [-0.2, -0.15) is 0 Å². The molecule has 1 aliphatic rings. The third-order valence-corrected chi connectivity index (χ3v) is 4.92. The Balaban J connectivity index is 1.56. The molecule has 7 heteroatoms. The maximum absolute atomic E-state index is 12.1. The molecule has 1 atom stereocenters. The molecule has 0 radical (unpaired) electrons. The Bertz CT molecular complexity index is 559. The molecule has 0 bridgehead atoms. The van der Waals surface area contributed by atoms with Crippen molar-refractivity contribution in [2.75, 3.05) is 26.2 Å². The molecule has 0 aromatic carbocycles. The van der Waals surface area contributed by atoms with Crippen LogP contribution in [0.4, 0.5) is 0 Å². The lowest BCUT2D eigenvalue weighted by molar-refractivity contribution is -0.132. The van der Waals surface area contributed by atoms with Crippen LogP contribution in [0.5, 0.6) is 0 Å². The first-order valence-electron chi connectivity index (χ1n) is 8.42. The van der Waals surface area contributed by atoms with Gasteiger partial charge < -0.3 is 15.5 Å². The summed E-state index contributed by atoms with van der Waals surface area (Å²) < 4.78 is 0. The average Bonchev–Trinajstić information content (AvgIpc) is 3.09. The molecule has 2 N–H and O–H groups in total. The van der Waals surface area contributed by atoms with Crippen LogP contribution in [0.1, 0.15) is 42.3 Å². The SMILES string of the molecule is CC1CCCN(C(=O)CCNC(=O)CCNC(=O)c2cccs2)C1. The predicted octanol–water partition coefficient (Wildman–Crippen LogP) is 1.63. The molecule has 0 aliphatic carbocycles. The molecule has 0 spiro atoms. The molecule has 2 heterocycles. The van der Waals surface area contributed by atoms with Gasteiger partial charge in [-0.3, -0.25) is 14.4 Å². The molecule has 1 aromatic heterocycles. The van der Waals surface area contributed by atoms with Gasteiger partial charge in [-0.05, 0) is 30.2 Å². The summed E-state index contributed by atoms with van der Waals surface area (Å²) in [4.78, 5) is 38.1. The fourth-order valence-corrected chi connectivity index (χ4v) is 3.40. The number of amides is 3. The largest absolute Gasteiger partial charge is 0.356 e. The number of thiophene rings is 1. The number of likely N-dealkylation sites (tertiary alicyclic amines) is 1. The van der Waals surface area contributed by atoms with Gasteiger partial charge >= 0.3 is 0 Å². The van der Waals surface area contributed by atoms with E-state index in [1.54, 1.807) is 6.07 Å². The number of hydrogen-bond donors (Lipinski definition) is 2. The smallest absolute Gasteiger partial charge is 0.261 e. The minimum Gasteiger partial charge on any atom is -0.356 e. The predicted molar refractivity (Wildman–Crippen MR) is 93.9 cm³/mol. The van der Waals surface area contributed by atoms with Crippen molar-refractivity contribution in [2.45, 2.75) is 32.6 Å². The van der Waals surface area contributed by atoms with Crippen molar-refractivity contribution in [2.24, 2.45) is 5.92 Å². The third-order valence-electron chi connectivity index (χ3n) is 4.05.